The molecule has 1 saturated carbocycles. The zero-order valence-corrected chi connectivity index (χ0v) is 17.6. The Labute approximate surface area is 189 Å². The number of nitrogens with zero attached hydrogens (tertiary/aromatic N) is 1. The number of alkyl halides is 2. The minimum absolute atomic E-state index is 0. The molecule has 33 heavy (non-hydrogen) atoms. The van der Waals surface area contributed by atoms with E-state index < -0.39 is 17.7 Å². The minimum atomic E-state index is -3.70. The number of Topliss-reactive ketones (excluding diaryl/α,β-unsaturated/α-hetero) is 1. The number of carboxylic acids is 1. The molecule has 1 fully saturated rings. The number of carbonyl (C=O) groups excluding carboxylic acids is 1. The summed E-state index contributed by atoms with van der Waals surface area (Å²) in [6.07, 6.45) is -2.37. The Kier molecular flexibility index (Phi) is 4.70. The molecule has 2 aliphatic rings. The second-order valence-electron chi connectivity index (χ2n) is 8.36. The van der Waals surface area contributed by atoms with Crippen LogP contribution in [0.5, 0.6) is 11.5 Å². The van der Waals surface area contributed by atoms with Crippen LogP contribution in [0.2, 0.25) is 0 Å². The first-order valence-electron chi connectivity index (χ1n) is 10.4. The van der Waals surface area contributed by atoms with Gasteiger partial charge in [-0.25, -0.2) is 4.79 Å². The standard InChI is InChI=1S/C25H19F2NO5.H2/c1-14-11-15(23(30)31)5-7-18(14)19-4-2-3-17(28-19)13-22(29)24(9-10-24)16-6-8-20-21(12-16)33-25(26,27)32-20;/h2-8,11-12H,9-10,13H2,1H3,(H,30,31);1H. The quantitative estimate of drug-likeness (QED) is 0.555. The number of ether oxygens (including phenoxy) is 2. The number of rotatable bonds is 6. The summed E-state index contributed by atoms with van der Waals surface area (Å²) in [6, 6.07) is 14.7. The van der Waals surface area contributed by atoms with Crippen LogP contribution in [0.4, 0.5) is 8.78 Å². The van der Waals surface area contributed by atoms with Gasteiger partial charge in [-0.3, -0.25) is 9.78 Å². The van der Waals surface area contributed by atoms with Crippen LogP contribution in [0.25, 0.3) is 11.3 Å². The fraction of sp³-hybridized carbons (Fsp3) is 0.240. The molecule has 0 spiro atoms. The van der Waals surface area contributed by atoms with E-state index in [1.165, 1.54) is 18.2 Å². The monoisotopic (exact) mass is 453 g/mol. The summed E-state index contributed by atoms with van der Waals surface area (Å²) in [5.41, 5.74) is 2.85. The van der Waals surface area contributed by atoms with Gasteiger partial charge < -0.3 is 14.6 Å². The summed E-state index contributed by atoms with van der Waals surface area (Å²) >= 11 is 0. The van der Waals surface area contributed by atoms with E-state index in [4.69, 9.17) is 5.11 Å². The molecule has 1 aliphatic carbocycles. The number of ketones is 1. The van der Waals surface area contributed by atoms with Gasteiger partial charge in [-0.2, -0.15) is 0 Å². The molecule has 0 bridgehead atoms. The van der Waals surface area contributed by atoms with E-state index in [1.54, 1.807) is 30.3 Å². The van der Waals surface area contributed by atoms with Gasteiger partial charge in [0, 0.05) is 19.1 Å². The third-order valence-electron chi connectivity index (χ3n) is 6.14. The predicted octanol–water partition coefficient (Wildman–Crippen LogP) is 5.17. The molecular formula is C25H21F2NO5. The van der Waals surface area contributed by atoms with Gasteiger partial charge in [-0.05, 0) is 67.3 Å². The number of fused-ring (bicyclic) bond motifs is 1. The summed E-state index contributed by atoms with van der Waals surface area (Å²) in [5, 5.41) is 9.16. The summed E-state index contributed by atoms with van der Waals surface area (Å²) in [5.74, 6) is -1.17. The molecule has 0 radical (unpaired) electrons. The Bertz CT molecular complexity index is 1310. The van der Waals surface area contributed by atoms with Crippen molar-refractivity contribution in [3.8, 4) is 22.8 Å². The molecule has 0 amide bonds. The smallest absolute Gasteiger partial charge is 0.478 e. The second-order valence-corrected chi connectivity index (χ2v) is 8.36. The van der Waals surface area contributed by atoms with E-state index in [9.17, 15) is 18.4 Å². The Morgan fingerprint density at radius 1 is 1.06 bits per heavy atom. The van der Waals surface area contributed by atoms with Crippen molar-refractivity contribution in [3.05, 3.63) is 77.0 Å². The zero-order chi connectivity index (χ0) is 23.4. The van der Waals surface area contributed by atoms with Gasteiger partial charge in [0.1, 0.15) is 5.78 Å². The normalized spacial score (nSPS) is 16.9. The van der Waals surface area contributed by atoms with Crippen molar-refractivity contribution < 1.29 is 34.4 Å². The maximum atomic E-state index is 13.3. The molecule has 0 atom stereocenters. The molecule has 0 unspecified atom stereocenters. The van der Waals surface area contributed by atoms with E-state index in [2.05, 4.69) is 14.5 Å². The molecule has 0 saturated heterocycles. The number of carbonyl (C=O) groups is 2. The number of aromatic carboxylic acids is 1. The highest BCUT2D eigenvalue weighted by Crippen LogP contribution is 2.52. The molecule has 5 rings (SSSR count). The number of hydrogen-bond acceptors (Lipinski definition) is 5. The Morgan fingerprint density at radius 3 is 2.52 bits per heavy atom. The van der Waals surface area contributed by atoms with Crippen molar-refractivity contribution in [2.24, 2.45) is 0 Å². The van der Waals surface area contributed by atoms with Crippen LogP contribution in [0.15, 0.2) is 54.6 Å². The largest absolute Gasteiger partial charge is 0.586 e. The molecule has 3 aromatic rings. The number of hydrogen-bond donors (Lipinski definition) is 1. The third-order valence-corrected chi connectivity index (χ3v) is 6.14. The van der Waals surface area contributed by atoms with Gasteiger partial charge in [0.15, 0.2) is 11.5 Å². The van der Waals surface area contributed by atoms with Crippen LogP contribution in [0.3, 0.4) is 0 Å². The molecular weight excluding hydrogens is 432 g/mol. The fourth-order valence-electron chi connectivity index (χ4n) is 4.25. The number of aromatic nitrogens is 1. The highest BCUT2D eigenvalue weighted by Gasteiger charge is 2.52. The second kappa shape index (κ2) is 7.37. The third kappa shape index (κ3) is 3.82. The fourth-order valence-corrected chi connectivity index (χ4v) is 4.25. The molecule has 8 heteroatoms. The number of benzene rings is 2. The molecule has 6 nitrogen and oxygen atoms in total. The molecule has 2 heterocycles. The highest BCUT2D eigenvalue weighted by atomic mass is 19.3. The van der Waals surface area contributed by atoms with Crippen LogP contribution in [0.1, 0.15) is 41.4 Å². The SMILES string of the molecule is Cc1cc(C(=O)O)ccc1-c1cccc(CC(=O)C2(c3ccc4c(c3)OC(F)(F)O4)CC2)n1.[HH]. The van der Waals surface area contributed by atoms with Gasteiger partial charge in [0.05, 0.1) is 16.7 Å². The van der Waals surface area contributed by atoms with Gasteiger partial charge in [0.25, 0.3) is 0 Å². The van der Waals surface area contributed by atoms with Crippen molar-refractivity contribution in [1.29, 1.82) is 0 Å². The van der Waals surface area contributed by atoms with Crippen molar-refractivity contribution in [2.75, 3.05) is 0 Å². The first-order valence-corrected chi connectivity index (χ1v) is 10.4. The first kappa shape index (κ1) is 21.1. The number of aryl methyl sites for hydroxylation is 1. The lowest BCUT2D eigenvalue weighted by atomic mass is 9.88. The van der Waals surface area contributed by atoms with E-state index in [-0.39, 0.29) is 30.7 Å². The zero-order valence-electron chi connectivity index (χ0n) is 17.6. The van der Waals surface area contributed by atoms with Crippen molar-refractivity contribution >= 4 is 11.8 Å². The minimum Gasteiger partial charge on any atom is -0.478 e. The lowest BCUT2D eigenvalue weighted by molar-refractivity contribution is -0.286. The van der Waals surface area contributed by atoms with E-state index >= 15 is 0 Å². The molecule has 1 aliphatic heterocycles. The number of halogens is 2. The molecule has 1 N–H and O–H groups in total. The molecule has 170 valence electrons. The predicted molar refractivity (Wildman–Crippen MR) is 116 cm³/mol. The topological polar surface area (TPSA) is 85.7 Å². The van der Waals surface area contributed by atoms with E-state index in [0.717, 1.165) is 11.1 Å². The van der Waals surface area contributed by atoms with Gasteiger partial charge in [-0.1, -0.05) is 18.2 Å². The summed E-state index contributed by atoms with van der Waals surface area (Å²) in [6.45, 7) is 1.81. The summed E-state index contributed by atoms with van der Waals surface area (Å²) in [7, 11) is 0. The lowest BCUT2D eigenvalue weighted by Gasteiger charge is -2.15. The lowest BCUT2D eigenvalue weighted by Crippen LogP contribution is -2.26. The van der Waals surface area contributed by atoms with Crippen LogP contribution in [0, 0.1) is 6.92 Å². The van der Waals surface area contributed by atoms with Gasteiger partial charge in [0.2, 0.25) is 0 Å². The summed E-state index contributed by atoms with van der Waals surface area (Å²) < 4.78 is 35.7. The maximum absolute atomic E-state index is 13.3. The van der Waals surface area contributed by atoms with E-state index in [1.807, 2.05) is 13.0 Å². The van der Waals surface area contributed by atoms with Crippen LogP contribution >= 0.6 is 0 Å². The Balaban J connectivity index is 0.00000274. The number of carboxylic acid groups (broad SMARTS) is 1. The van der Waals surface area contributed by atoms with Gasteiger partial charge in [-0.15, -0.1) is 8.78 Å². The van der Waals surface area contributed by atoms with Crippen LogP contribution in [-0.4, -0.2) is 28.1 Å². The van der Waals surface area contributed by atoms with E-state index in [0.29, 0.717) is 29.8 Å². The van der Waals surface area contributed by atoms with Crippen LogP contribution < -0.4 is 9.47 Å². The molecule has 2 aromatic carbocycles. The number of pyridine rings is 1. The van der Waals surface area contributed by atoms with Crippen molar-refractivity contribution in [1.82, 2.24) is 4.98 Å². The Morgan fingerprint density at radius 2 is 1.82 bits per heavy atom. The summed E-state index contributed by atoms with van der Waals surface area (Å²) in [4.78, 5) is 29.0. The molecule has 1 aromatic heterocycles. The van der Waals surface area contributed by atoms with Crippen LogP contribution in [-0.2, 0) is 16.6 Å². The maximum Gasteiger partial charge on any atom is 0.586 e. The average molecular weight is 453 g/mol. The van der Waals surface area contributed by atoms with Crippen molar-refractivity contribution in [2.45, 2.75) is 37.9 Å². The average Bonchev–Trinajstić information content (AvgIpc) is 3.51. The van der Waals surface area contributed by atoms with Crippen molar-refractivity contribution in [3.63, 3.8) is 0 Å². The Hall–Kier alpha value is -3.81. The highest BCUT2D eigenvalue weighted by molar-refractivity contribution is 5.94. The van der Waals surface area contributed by atoms with Gasteiger partial charge >= 0.3 is 12.3 Å². The first-order chi connectivity index (χ1) is 15.7.